The van der Waals surface area contributed by atoms with E-state index in [4.69, 9.17) is 0 Å². The highest BCUT2D eigenvalue weighted by molar-refractivity contribution is 4.89. The Morgan fingerprint density at radius 1 is 1.06 bits per heavy atom. The van der Waals surface area contributed by atoms with Crippen LogP contribution in [0.15, 0.2) is 18.5 Å². The molecule has 1 heterocycles. The number of halogens is 3. The van der Waals surface area contributed by atoms with Crippen LogP contribution >= 0.6 is 0 Å². The molecule has 0 aliphatic carbocycles. The summed E-state index contributed by atoms with van der Waals surface area (Å²) in [5.74, 6) is 0.408. The summed E-state index contributed by atoms with van der Waals surface area (Å²) >= 11 is 0. The normalized spacial score (nSPS) is 13.1. The van der Waals surface area contributed by atoms with Gasteiger partial charge in [0.25, 0.3) is 0 Å². The van der Waals surface area contributed by atoms with Gasteiger partial charge in [0, 0.05) is 18.9 Å². The lowest BCUT2D eigenvalue weighted by atomic mass is 9.96. The fourth-order valence-electron chi connectivity index (χ4n) is 1.70. The van der Waals surface area contributed by atoms with E-state index in [9.17, 15) is 13.2 Å². The van der Waals surface area contributed by atoms with Gasteiger partial charge >= 0.3 is 6.18 Å². The third kappa shape index (κ3) is 6.54. The molecule has 0 unspecified atom stereocenters. The number of alkyl halides is 3. The molecular weight excluding hydrogens is 243 g/mol. The van der Waals surface area contributed by atoms with Gasteiger partial charge in [-0.15, -0.1) is 0 Å². The smallest absolute Gasteiger partial charge is 0.287 e. The molecule has 0 spiro atoms. The Hall–Kier alpha value is -1.17. The van der Waals surface area contributed by atoms with Crippen LogP contribution in [0.25, 0.3) is 0 Å². The molecule has 0 saturated carbocycles. The van der Waals surface area contributed by atoms with Crippen molar-refractivity contribution in [2.45, 2.75) is 33.5 Å². The molecule has 0 aliphatic heterocycles. The van der Waals surface area contributed by atoms with Crippen LogP contribution < -0.4 is 0 Å². The van der Waals surface area contributed by atoms with Gasteiger partial charge in [0.05, 0.1) is 13.1 Å². The topological polar surface area (TPSA) is 29.0 Å². The van der Waals surface area contributed by atoms with Crippen LogP contribution in [0.1, 0.15) is 26.6 Å². The van der Waals surface area contributed by atoms with E-state index in [0.29, 0.717) is 12.4 Å². The molecule has 0 aliphatic rings. The molecule has 0 amide bonds. The van der Waals surface area contributed by atoms with E-state index >= 15 is 0 Å². The first-order valence-corrected chi connectivity index (χ1v) is 5.71. The van der Waals surface area contributed by atoms with Crippen molar-refractivity contribution in [3.8, 4) is 0 Å². The van der Waals surface area contributed by atoms with E-state index in [1.54, 1.807) is 6.07 Å². The third-order valence-electron chi connectivity index (χ3n) is 2.09. The minimum absolute atomic E-state index is 0.109. The quantitative estimate of drug-likeness (QED) is 0.834. The Morgan fingerprint density at radius 3 is 2.06 bits per heavy atom. The summed E-state index contributed by atoms with van der Waals surface area (Å²) in [4.78, 5) is 9.25. The third-order valence-corrected chi connectivity index (χ3v) is 2.09. The van der Waals surface area contributed by atoms with Gasteiger partial charge in [0.2, 0.25) is 0 Å². The zero-order valence-electron chi connectivity index (χ0n) is 10.8. The number of nitrogens with zero attached hydrogens (tertiary/aromatic N) is 3. The Morgan fingerprint density at radius 2 is 1.61 bits per heavy atom. The van der Waals surface area contributed by atoms with E-state index in [1.807, 2.05) is 20.8 Å². The predicted molar refractivity (Wildman–Crippen MR) is 62.8 cm³/mol. The predicted octanol–water partition coefficient (Wildman–Crippen LogP) is 2.89. The fraction of sp³-hybridized carbons (Fsp3) is 0.667. The highest BCUT2D eigenvalue weighted by Crippen LogP contribution is 2.22. The molecule has 3 nitrogen and oxygen atoms in total. The lowest BCUT2D eigenvalue weighted by molar-refractivity contribution is -0.149. The van der Waals surface area contributed by atoms with Crippen molar-refractivity contribution >= 4 is 0 Å². The highest BCUT2D eigenvalue weighted by atomic mass is 19.4. The molecule has 18 heavy (non-hydrogen) atoms. The zero-order chi connectivity index (χ0) is 13.8. The molecule has 0 fully saturated rings. The van der Waals surface area contributed by atoms with Gasteiger partial charge < -0.3 is 0 Å². The number of hydrogen-bond acceptors (Lipinski definition) is 3. The summed E-state index contributed by atoms with van der Waals surface area (Å²) in [7, 11) is 0. The second kappa shape index (κ2) is 5.65. The minimum atomic E-state index is -4.21. The molecule has 0 atom stereocenters. The average molecular weight is 261 g/mol. The summed E-state index contributed by atoms with van der Waals surface area (Å²) in [5.41, 5.74) is -0.208. The molecule has 1 aromatic rings. The van der Waals surface area contributed by atoms with E-state index in [1.165, 1.54) is 17.3 Å². The van der Waals surface area contributed by atoms with Crippen LogP contribution in [0, 0.1) is 5.41 Å². The second-order valence-corrected chi connectivity index (χ2v) is 5.49. The number of rotatable bonds is 4. The molecule has 0 aromatic carbocycles. The highest BCUT2D eigenvalue weighted by Gasteiger charge is 2.32. The lowest BCUT2D eigenvalue weighted by Crippen LogP contribution is -2.39. The maximum Gasteiger partial charge on any atom is 0.401 e. The van der Waals surface area contributed by atoms with Crippen molar-refractivity contribution in [3.05, 3.63) is 24.3 Å². The van der Waals surface area contributed by atoms with Crippen LogP contribution in [0.2, 0.25) is 0 Å². The summed E-state index contributed by atoms with van der Waals surface area (Å²) in [6.45, 7) is 5.22. The molecule has 1 rings (SSSR count). The number of hydrogen-bond donors (Lipinski definition) is 0. The van der Waals surface area contributed by atoms with Gasteiger partial charge in [-0.1, -0.05) is 20.8 Å². The van der Waals surface area contributed by atoms with Gasteiger partial charge in [-0.3, -0.25) is 4.90 Å². The van der Waals surface area contributed by atoms with Crippen LogP contribution in [-0.2, 0) is 6.54 Å². The molecule has 0 saturated heterocycles. The van der Waals surface area contributed by atoms with Gasteiger partial charge in [-0.05, 0) is 11.5 Å². The van der Waals surface area contributed by atoms with Crippen molar-refractivity contribution in [2.24, 2.45) is 5.41 Å². The molecule has 0 radical (unpaired) electrons. The van der Waals surface area contributed by atoms with Crippen LogP contribution in [-0.4, -0.2) is 34.1 Å². The molecule has 102 valence electrons. The van der Waals surface area contributed by atoms with Crippen molar-refractivity contribution in [1.82, 2.24) is 14.9 Å². The Labute approximate surface area is 105 Å². The zero-order valence-corrected chi connectivity index (χ0v) is 10.8. The van der Waals surface area contributed by atoms with Crippen molar-refractivity contribution in [2.75, 3.05) is 13.1 Å². The summed E-state index contributed by atoms with van der Waals surface area (Å²) in [5, 5.41) is 0. The SMILES string of the molecule is CC(C)(C)CN(Cc1ncccn1)CC(F)(F)F. The largest absolute Gasteiger partial charge is 0.401 e. The van der Waals surface area contributed by atoms with Gasteiger partial charge in [0.1, 0.15) is 5.82 Å². The first kappa shape index (κ1) is 14.9. The summed E-state index contributed by atoms with van der Waals surface area (Å²) in [6.07, 6.45) is -1.14. The van der Waals surface area contributed by atoms with Gasteiger partial charge in [-0.25, -0.2) is 9.97 Å². The Bertz CT molecular complexity index is 341. The second-order valence-electron chi connectivity index (χ2n) is 5.49. The first-order chi connectivity index (χ1) is 8.16. The molecular formula is C12H18F3N3. The molecule has 6 heteroatoms. The lowest BCUT2D eigenvalue weighted by Gasteiger charge is -2.29. The van der Waals surface area contributed by atoms with E-state index in [2.05, 4.69) is 9.97 Å². The molecule has 0 N–H and O–H groups in total. The van der Waals surface area contributed by atoms with Gasteiger partial charge in [0.15, 0.2) is 0 Å². The van der Waals surface area contributed by atoms with E-state index < -0.39 is 12.7 Å². The Kier molecular flexibility index (Phi) is 4.67. The minimum Gasteiger partial charge on any atom is -0.287 e. The summed E-state index contributed by atoms with van der Waals surface area (Å²) in [6, 6.07) is 1.64. The maximum atomic E-state index is 12.5. The van der Waals surface area contributed by atoms with Crippen LogP contribution in [0.5, 0.6) is 0 Å². The molecule has 1 aromatic heterocycles. The van der Waals surface area contributed by atoms with Gasteiger partial charge in [-0.2, -0.15) is 13.2 Å². The molecule has 0 bridgehead atoms. The van der Waals surface area contributed by atoms with Crippen molar-refractivity contribution in [3.63, 3.8) is 0 Å². The van der Waals surface area contributed by atoms with Crippen molar-refractivity contribution < 1.29 is 13.2 Å². The summed E-state index contributed by atoms with van der Waals surface area (Å²) < 4.78 is 37.5. The fourth-order valence-corrected chi connectivity index (χ4v) is 1.70. The standard InChI is InChI=1S/C12H18F3N3/c1-11(2,3)8-18(9-12(13,14)15)7-10-16-5-4-6-17-10/h4-6H,7-9H2,1-3H3. The van der Waals surface area contributed by atoms with Crippen LogP contribution in [0.4, 0.5) is 13.2 Å². The van der Waals surface area contributed by atoms with Crippen LogP contribution in [0.3, 0.4) is 0 Å². The Balaban J connectivity index is 2.72. The maximum absolute atomic E-state index is 12.5. The monoisotopic (exact) mass is 261 g/mol. The first-order valence-electron chi connectivity index (χ1n) is 5.71. The average Bonchev–Trinajstić information content (AvgIpc) is 2.13. The van der Waals surface area contributed by atoms with Crippen molar-refractivity contribution in [1.29, 1.82) is 0 Å². The van der Waals surface area contributed by atoms with E-state index in [-0.39, 0.29) is 12.0 Å². The number of aromatic nitrogens is 2. The van der Waals surface area contributed by atoms with E-state index in [0.717, 1.165) is 0 Å².